The van der Waals surface area contributed by atoms with Crippen molar-refractivity contribution in [1.82, 2.24) is 4.98 Å². The molecule has 10 heteroatoms. The molecule has 2 aromatic heterocycles. The zero-order valence-electron chi connectivity index (χ0n) is 16.7. The van der Waals surface area contributed by atoms with Crippen LogP contribution in [-0.4, -0.2) is 13.4 Å². The molecule has 0 aliphatic heterocycles. The molecule has 31 heavy (non-hydrogen) atoms. The maximum absolute atomic E-state index is 12.8. The Bertz CT molecular complexity index is 1430. The van der Waals surface area contributed by atoms with E-state index in [0.29, 0.717) is 33.3 Å². The van der Waals surface area contributed by atoms with Gasteiger partial charge in [0, 0.05) is 35.0 Å². The van der Waals surface area contributed by atoms with Gasteiger partial charge in [-0.1, -0.05) is 23.5 Å². The van der Waals surface area contributed by atoms with Crippen LogP contribution >= 0.6 is 11.3 Å². The van der Waals surface area contributed by atoms with E-state index in [4.69, 9.17) is 14.3 Å². The third kappa shape index (κ3) is 4.61. The predicted octanol–water partition coefficient (Wildman–Crippen LogP) is 3.86. The van der Waals surface area contributed by atoms with Gasteiger partial charge in [0.25, 0.3) is 15.4 Å². The number of anilines is 1. The molecule has 0 aliphatic carbocycles. The molecule has 2 heterocycles. The first-order valence-corrected chi connectivity index (χ1v) is 11.7. The summed E-state index contributed by atoms with van der Waals surface area (Å²) in [6, 6.07) is 10.4. The van der Waals surface area contributed by atoms with Gasteiger partial charge in [-0.3, -0.25) is 4.72 Å². The smallest absolute Gasteiger partial charge is 0.340 e. The van der Waals surface area contributed by atoms with E-state index in [-0.39, 0.29) is 6.42 Å². The van der Waals surface area contributed by atoms with Crippen molar-refractivity contribution in [1.29, 1.82) is 0 Å². The summed E-state index contributed by atoms with van der Waals surface area (Å²) in [4.78, 5) is 16.8. The molecule has 0 saturated heterocycles. The van der Waals surface area contributed by atoms with Crippen LogP contribution in [0.25, 0.3) is 11.0 Å². The van der Waals surface area contributed by atoms with Crippen molar-refractivity contribution in [2.75, 3.05) is 4.72 Å². The van der Waals surface area contributed by atoms with Crippen molar-refractivity contribution in [3.05, 3.63) is 80.6 Å². The lowest BCUT2D eigenvalue weighted by Gasteiger charge is -2.13. The predicted molar refractivity (Wildman–Crippen MR) is 120 cm³/mol. The van der Waals surface area contributed by atoms with Crippen molar-refractivity contribution >= 4 is 38.2 Å². The van der Waals surface area contributed by atoms with Gasteiger partial charge >= 0.3 is 5.63 Å². The monoisotopic (exact) mass is 457 g/mol. The van der Waals surface area contributed by atoms with Gasteiger partial charge in [0.15, 0.2) is 0 Å². The SMILES string of the molecule is Cc1c(Cc2c(C)c3ccc(Oc4nccs4)cc3oc2=O)cccc1NS(N)(=O)=O. The average Bonchev–Trinajstić information content (AvgIpc) is 3.19. The van der Waals surface area contributed by atoms with E-state index in [0.717, 1.165) is 16.5 Å². The Morgan fingerprint density at radius 2 is 2.00 bits per heavy atom. The minimum atomic E-state index is -3.90. The van der Waals surface area contributed by atoms with Crippen molar-refractivity contribution in [3.63, 3.8) is 0 Å². The molecule has 3 N–H and O–H groups in total. The van der Waals surface area contributed by atoms with Crippen molar-refractivity contribution in [2.45, 2.75) is 20.3 Å². The van der Waals surface area contributed by atoms with Gasteiger partial charge in [0.05, 0.1) is 5.69 Å². The summed E-state index contributed by atoms with van der Waals surface area (Å²) in [6.07, 6.45) is 1.93. The highest BCUT2D eigenvalue weighted by Crippen LogP contribution is 2.29. The van der Waals surface area contributed by atoms with Gasteiger partial charge in [0.2, 0.25) is 0 Å². The Hall–Kier alpha value is -3.21. The number of benzene rings is 2. The topological polar surface area (TPSA) is 125 Å². The van der Waals surface area contributed by atoms with Crippen molar-refractivity contribution in [2.24, 2.45) is 5.14 Å². The Labute approximate surface area is 182 Å². The maximum atomic E-state index is 12.8. The Morgan fingerprint density at radius 3 is 2.71 bits per heavy atom. The normalized spacial score (nSPS) is 11.6. The quantitative estimate of drug-likeness (QED) is 0.424. The molecular weight excluding hydrogens is 438 g/mol. The second-order valence-corrected chi connectivity index (χ2v) is 9.12. The van der Waals surface area contributed by atoms with Crippen molar-refractivity contribution in [3.8, 4) is 10.9 Å². The number of aryl methyl sites for hydroxylation is 1. The molecular formula is C21H19N3O5S2. The number of nitrogens with two attached hydrogens (primary N) is 1. The largest absolute Gasteiger partial charge is 0.431 e. The Kier molecular flexibility index (Phi) is 5.52. The van der Waals surface area contributed by atoms with Crippen LogP contribution in [0.5, 0.6) is 10.9 Å². The second-order valence-electron chi connectivity index (χ2n) is 6.96. The van der Waals surface area contributed by atoms with E-state index in [1.54, 1.807) is 37.4 Å². The first-order valence-electron chi connectivity index (χ1n) is 9.24. The fourth-order valence-electron chi connectivity index (χ4n) is 3.33. The Morgan fingerprint density at radius 1 is 1.19 bits per heavy atom. The molecule has 2 aromatic carbocycles. The molecule has 8 nitrogen and oxygen atoms in total. The zero-order chi connectivity index (χ0) is 22.2. The van der Waals surface area contributed by atoms with Crippen LogP contribution in [0.15, 0.2) is 57.2 Å². The van der Waals surface area contributed by atoms with E-state index in [9.17, 15) is 13.2 Å². The molecule has 0 fully saturated rings. The van der Waals surface area contributed by atoms with Gasteiger partial charge in [-0.15, -0.1) is 0 Å². The first-order chi connectivity index (χ1) is 14.7. The van der Waals surface area contributed by atoms with Crippen LogP contribution in [0.3, 0.4) is 0 Å². The minimum Gasteiger partial charge on any atom is -0.431 e. The third-order valence-corrected chi connectivity index (χ3v) is 6.09. The van der Waals surface area contributed by atoms with Crippen LogP contribution in [0.4, 0.5) is 5.69 Å². The number of aromatic nitrogens is 1. The average molecular weight is 458 g/mol. The van der Waals surface area contributed by atoms with E-state index in [1.165, 1.54) is 11.3 Å². The van der Waals surface area contributed by atoms with E-state index >= 15 is 0 Å². The molecule has 0 saturated carbocycles. The number of hydrogen-bond donors (Lipinski definition) is 2. The lowest BCUT2D eigenvalue weighted by Crippen LogP contribution is -2.22. The molecule has 0 bridgehead atoms. The number of nitrogens with zero attached hydrogens (tertiary/aromatic N) is 1. The third-order valence-electron chi connectivity index (χ3n) is 4.94. The van der Waals surface area contributed by atoms with Crippen LogP contribution < -0.4 is 20.2 Å². The summed E-state index contributed by atoms with van der Waals surface area (Å²) in [6.45, 7) is 3.63. The summed E-state index contributed by atoms with van der Waals surface area (Å²) in [5.74, 6) is 0.523. The number of ether oxygens (including phenoxy) is 1. The van der Waals surface area contributed by atoms with Crippen LogP contribution in [0.2, 0.25) is 0 Å². The summed E-state index contributed by atoms with van der Waals surface area (Å²) >= 11 is 1.36. The lowest BCUT2D eigenvalue weighted by atomic mass is 9.96. The van der Waals surface area contributed by atoms with Gasteiger partial charge in [-0.2, -0.15) is 8.42 Å². The number of thiazole rings is 1. The molecule has 0 spiro atoms. The standard InChI is InChI=1S/C21H19N3O5S2/c1-12-14(4-3-5-18(12)24-31(22,26)27)10-17-13(2)16-7-6-15(11-19(16)29-20(17)25)28-21-23-8-9-30-21/h3-9,11,24H,10H2,1-2H3,(H2,22,26,27). The molecule has 4 aromatic rings. The highest BCUT2D eigenvalue weighted by atomic mass is 32.2. The van der Waals surface area contributed by atoms with Crippen LogP contribution in [0.1, 0.15) is 22.3 Å². The molecule has 0 aliphatic rings. The van der Waals surface area contributed by atoms with Crippen LogP contribution in [0, 0.1) is 13.8 Å². The molecule has 0 amide bonds. The molecule has 0 radical (unpaired) electrons. The number of nitrogens with one attached hydrogen (secondary N) is 1. The van der Waals surface area contributed by atoms with E-state index < -0.39 is 15.8 Å². The highest BCUT2D eigenvalue weighted by Gasteiger charge is 2.16. The lowest BCUT2D eigenvalue weighted by molar-refractivity contribution is 0.476. The molecule has 0 unspecified atom stereocenters. The number of hydrogen-bond acceptors (Lipinski definition) is 7. The second kappa shape index (κ2) is 8.14. The van der Waals surface area contributed by atoms with Gasteiger partial charge in [-0.05, 0) is 48.7 Å². The highest BCUT2D eigenvalue weighted by molar-refractivity contribution is 7.90. The zero-order valence-corrected chi connectivity index (χ0v) is 18.3. The van der Waals surface area contributed by atoms with E-state index in [1.807, 2.05) is 24.4 Å². The maximum Gasteiger partial charge on any atom is 0.340 e. The Balaban J connectivity index is 1.70. The number of fused-ring (bicyclic) bond motifs is 1. The fraction of sp³-hybridized carbons (Fsp3) is 0.143. The molecule has 4 rings (SSSR count). The van der Waals surface area contributed by atoms with Gasteiger partial charge in [-0.25, -0.2) is 14.9 Å². The van der Waals surface area contributed by atoms with Gasteiger partial charge < -0.3 is 9.15 Å². The molecule has 160 valence electrons. The summed E-state index contributed by atoms with van der Waals surface area (Å²) in [5, 5.41) is 8.18. The summed E-state index contributed by atoms with van der Waals surface area (Å²) in [7, 11) is -3.90. The van der Waals surface area contributed by atoms with E-state index in [2.05, 4.69) is 9.71 Å². The van der Waals surface area contributed by atoms with Gasteiger partial charge in [0.1, 0.15) is 11.3 Å². The minimum absolute atomic E-state index is 0.285. The van der Waals surface area contributed by atoms with Crippen LogP contribution in [-0.2, 0) is 16.6 Å². The number of rotatable bonds is 6. The fourth-order valence-corrected chi connectivity index (χ4v) is 4.36. The molecule has 0 atom stereocenters. The van der Waals surface area contributed by atoms with Crippen molar-refractivity contribution < 1.29 is 17.6 Å². The first kappa shape index (κ1) is 21.0. The summed E-state index contributed by atoms with van der Waals surface area (Å²) in [5.41, 5.74) is 3.08. The summed E-state index contributed by atoms with van der Waals surface area (Å²) < 4.78 is 36.3.